The van der Waals surface area contributed by atoms with Crippen LogP contribution >= 0.6 is 23.2 Å². The summed E-state index contributed by atoms with van der Waals surface area (Å²) in [5.74, 6) is -0.729. The standard InChI is InChI=1S/C17H16Cl2N2O2/c1-11(12-6-3-2-4-7-12)21-15(22)10-20-17(23)13-8-5-9-14(18)16(13)19/h2-9,11H,10H2,1H3,(H,20,23)(H,21,22)/t11-/m0/s1. The van der Waals surface area contributed by atoms with Crippen molar-refractivity contribution in [2.75, 3.05) is 6.54 Å². The van der Waals surface area contributed by atoms with E-state index in [0.717, 1.165) is 5.56 Å². The highest BCUT2D eigenvalue weighted by atomic mass is 35.5. The predicted molar refractivity (Wildman–Crippen MR) is 91.8 cm³/mol. The van der Waals surface area contributed by atoms with Crippen molar-refractivity contribution in [1.29, 1.82) is 0 Å². The summed E-state index contributed by atoms with van der Waals surface area (Å²) in [6.07, 6.45) is 0. The van der Waals surface area contributed by atoms with Crippen LogP contribution in [0.3, 0.4) is 0 Å². The zero-order valence-corrected chi connectivity index (χ0v) is 14.0. The van der Waals surface area contributed by atoms with E-state index in [1.54, 1.807) is 18.2 Å². The van der Waals surface area contributed by atoms with Crippen LogP contribution in [0.1, 0.15) is 28.9 Å². The number of amides is 2. The Bertz CT molecular complexity index is 705. The fraction of sp³-hybridized carbons (Fsp3) is 0.176. The molecule has 0 fully saturated rings. The molecule has 23 heavy (non-hydrogen) atoms. The SMILES string of the molecule is C[C@H](NC(=O)CNC(=O)c1cccc(Cl)c1Cl)c1ccccc1. The molecule has 0 unspecified atom stereocenters. The van der Waals surface area contributed by atoms with Crippen molar-refractivity contribution in [3.8, 4) is 0 Å². The van der Waals surface area contributed by atoms with E-state index in [1.165, 1.54) is 0 Å². The fourth-order valence-corrected chi connectivity index (χ4v) is 2.44. The first-order valence-electron chi connectivity index (χ1n) is 7.05. The Hall–Kier alpha value is -2.04. The van der Waals surface area contributed by atoms with Crippen molar-refractivity contribution in [2.45, 2.75) is 13.0 Å². The Morgan fingerprint density at radius 2 is 1.74 bits per heavy atom. The van der Waals surface area contributed by atoms with Crippen LogP contribution in [-0.2, 0) is 4.79 Å². The largest absolute Gasteiger partial charge is 0.348 e. The van der Waals surface area contributed by atoms with Crippen LogP contribution in [0.5, 0.6) is 0 Å². The minimum atomic E-state index is -0.444. The van der Waals surface area contributed by atoms with E-state index in [4.69, 9.17) is 23.2 Å². The summed E-state index contributed by atoms with van der Waals surface area (Å²) in [5, 5.41) is 5.81. The van der Waals surface area contributed by atoms with Gasteiger partial charge in [-0.3, -0.25) is 9.59 Å². The van der Waals surface area contributed by atoms with Crippen molar-refractivity contribution < 1.29 is 9.59 Å². The van der Waals surface area contributed by atoms with Gasteiger partial charge in [0.2, 0.25) is 5.91 Å². The molecule has 2 amide bonds. The summed E-state index contributed by atoms with van der Waals surface area (Å²) in [6.45, 7) is 1.74. The highest BCUT2D eigenvalue weighted by molar-refractivity contribution is 6.43. The highest BCUT2D eigenvalue weighted by Gasteiger charge is 2.14. The van der Waals surface area contributed by atoms with Gasteiger partial charge in [0.05, 0.1) is 28.2 Å². The molecule has 0 aromatic heterocycles. The van der Waals surface area contributed by atoms with Crippen LogP contribution < -0.4 is 10.6 Å². The average molecular weight is 351 g/mol. The molecular weight excluding hydrogens is 335 g/mol. The molecule has 0 heterocycles. The van der Waals surface area contributed by atoms with Gasteiger partial charge in [-0.25, -0.2) is 0 Å². The van der Waals surface area contributed by atoms with Gasteiger partial charge in [-0.1, -0.05) is 59.6 Å². The maximum atomic E-state index is 12.0. The number of nitrogens with one attached hydrogen (secondary N) is 2. The lowest BCUT2D eigenvalue weighted by atomic mass is 10.1. The van der Waals surface area contributed by atoms with E-state index in [0.29, 0.717) is 5.02 Å². The van der Waals surface area contributed by atoms with Gasteiger partial charge in [-0.2, -0.15) is 0 Å². The van der Waals surface area contributed by atoms with Gasteiger partial charge in [0.1, 0.15) is 0 Å². The molecule has 0 aliphatic rings. The van der Waals surface area contributed by atoms with E-state index >= 15 is 0 Å². The van der Waals surface area contributed by atoms with E-state index in [9.17, 15) is 9.59 Å². The first-order chi connectivity index (χ1) is 11.0. The van der Waals surface area contributed by atoms with Crippen molar-refractivity contribution in [3.05, 3.63) is 69.7 Å². The number of rotatable bonds is 5. The van der Waals surface area contributed by atoms with Crippen molar-refractivity contribution in [3.63, 3.8) is 0 Å². The maximum Gasteiger partial charge on any atom is 0.253 e. The molecule has 0 aliphatic carbocycles. The average Bonchev–Trinajstić information content (AvgIpc) is 2.56. The lowest BCUT2D eigenvalue weighted by Crippen LogP contribution is -2.38. The van der Waals surface area contributed by atoms with Gasteiger partial charge in [-0.05, 0) is 24.6 Å². The summed E-state index contributed by atoms with van der Waals surface area (Å²) in [4.78, 5) is 24.0. The van der Waals surface area contributed by atoms with E-state index in [-0.39, 0.29) is 29.1 Å². The van der Waals surface area contributed by atoms with Gasteiger partial charge in [0.25, 0.3) is 5.91 Å². The van der Waals surface area contributed by atoms with E-state index in [1.807, 2.05) is 37.3 Å². The molecule has 1 atom stereocenters. The maximum absolute atomic E-state index is 12.0. The number of hydrogen-bond donors (Lipinski definition) is 2. The molecule has 2 aromatic carbocycles. The van der Waals surface area contributed by atoms with Crippen LogP contribution in [0.4, 0.5) is 0 Å². The third kappa shape index (κ3) is 4.71. The van der Waals surface area contributed by atoms with Gasteiger partial charge in [0.15, 0.2) is 0 Å². The minimum absolute atomic E-state index is 0.140. The van der Waals surface area contributed by atoms with Gasteiger partial charge in [-0.15, -0.1) is 0 Å². The van der Waals surface area contributed by atoms with Crippen LogP contribution in [0, 0.1) is 0 Å². The quantitative estimate of drug-likeness (QED) is 0.865. The monoisotopic (exact) mass is 350 g/mol. The Morgan fingerprint density at radius 1 is 1.04 bits per heavy atom. The first-order valence-corrected chi connectivity index (χ1v) is 7.81. The van der Waals surface area contributed by atoms with E-state index < -0.39 is 5.91 Å². The lowest BCUT2D eigenvalue weighted by Gasteiger charge is -2.14. The molecular formula is C17H16Cl2N2O2. The normalized spacial score (nSPS) is 11.6. The lowest BCUT2D eigenvalue weighted by molar-refractivity contribution is -0.120. The molecule has 2 aromatic rings. The summed E-state index contributed by atoms with van der Waals surface area (Å²) >= 11 is 11.8. The third-order valence-corrected chi connectivity index (χ3v) is 4.10. The molecule has 0 saturated carbocycles. The molecule has 2 N–H and O–H groups in total. The van der Waals surface area contributed by atoms with Crippen LogP contribution in [0.2, 0.25) is 10.0 Å². The summed E-state index contributed by atoms with van der Waals surface area (Å²) < 4.78 is 0. The van der Waals surface area contributed by atoms with Gasteiger partial charge < -0.3 is 10.6 Å². The molecule has 0 saturated heterocycles. The smallest absolute Gasteiger partial charge is 0.253 e. The summed E-state index contributed by atoms with van der Waals surface area (Å²) in [6, 6.07) is 14.2. The Morgan fingerprint density at radius 3 is 2.43 bits per heavy atom. The second-order valence-electron chi connectivity index (χ2n) is 4.98. The second kappa shape index (κ2) is 7.99. The van der Waals surface area contributed by atoms with Crippen molar-refractivity contribution in [1.82, 2.24) is 10.6 Å². The number of carbonyl (C=O) groups excluding carboxylic acids is 2. The fourth-order valence-electron chi connectivity index (χ4n) is 2.05. The number of hydrogen-bond acceptors (Lipinski definition) is 2. The van der Waals surface area contributed by atoms with Crippen LogP contribution in [0.15, 0.2) is 48.5 Å². The van der Waals surface area contributed by atoms with E-state index in [2.05, 4.69) is 10.6 Å². The van der Waals surface area contributed by atoms with Crippen LogP contribution in [-0.4, -0.2) is 18.4 Å². The molecule has 4 nitrogen and oxygen atoms in total. The van der Waals surface area contributed by atoms with Crippen molar-refractivity contribution in [2.24, 2.45) is 0 Å². The van der Waals surface area contributed by atoms with Crippen molar-refractivity contribution >= 4 is 35.0 Å². The van der Waals surface area contributed by atoms with Gasteiger partial charge >= 0.3 is 0 Å². The Labute approximate surface area is 144 Å². The number of halogens is 2. The zero-order valence-electron chi connectivity index (χ0n) is 12.5. The first kappa shape index (κ1) is 17.3. The Kier molecular flexibility index (Phi) is 6.02. The molecule has 0 aliphatic heterocycles. The molecule has 120 valence electrons. The molecule has 0 bridgehead atoms. The minimum Gasteiger partial charge on any atom is -0.348 e. The topological polar surface area (TPSA) is 58.2 Å². The molecule has 0 spiro atoms. The molecule has 2 rings (SSSR count). The van der Waals surface area contributed by atoms with Crippen LogP contribution in [0.25, 0.3) is 0 Å². The zero-order chi connectivity index (χ0) is 16.8. The summed E-state index contributed by atoms with van der Waals surface area (Å²) in [5.41, 5.74) is 1.23. The predicted octanol–water partition coefficient (Wildman–Crippen LogP) is 3.60. The Balaban J connectivity index is 1.89. The molecule has 0 radical (unpaired) electrons. The molecule has 6 heteroatoms. The van der Waals surface area contributed by atoms with Gasteiger partial charge in [0, 0.05) is 0 Å². The number of benzene rings is 2. The third-order valence-electron chi connectivity index (χ3n) is 3.28. The number of carbonyl (C=O) groups is 2. The second-order valence-corrected chi connectivity index (χ2v) is 5.77. The highest BCUT2D eigenvalue weighted by Crippen LogP contribution is 2.25. The summed E-state index contributed by atoms with van der Waals surface area (Å²) in [7, 11) is 0.